The van der Waals surface area contributed by atoms with Crippen molar-refractivity contribution in [3.8, 4) is 11.4 Å². The van der Waals surface area contributed by atoms with Crippen LogP contribution < -0.4 is 0 Å². The largest absolute Gasteiger partial charge is 0.302 e. The number of rotatable bonds is 9. The lowest BCUT2D eigenvalue weighted by Gasteiger charge is -2.19. The lowest BCUT2D eigenvalue weighted by atomic mass is 10.2. The quantitative estimate of drug-likeness (QED) is 0.604. The first kappa shape index (κ1) is 20.9. The molecule has 0 bridgehead atoms. The van der Waals surface area contributed by atoms with Gasteiger partial charge in [0.15, 0.2) is 11.0 Å². The minimum atomic E-state index is -3.50. The number of sulfonamides is 1. The van der Waals surface area contributed by atoms with Crippen LogP contribution in [0.15, 0.2) is 34.3 Å². The highest BCUT2D eigenvalue weighted by molar-refractivity contribution is 7.99. The zero-order chi connectivity index (χ0) is 19.3. The molecule has 144 valence electrons. The third-order valence-electron chi connectivity index (χ3n) is 3.97. The van der Waals surface area contributed by atoms with E-state index in [0.717, 1.165) is 23.0 Å². The second-order valence-corrected chi connectivity index (χ2v) is 9.53. The van der Waals surface area contributed by atoms with Crippen molar-refractivity contribution in [2.24, 2.45) is 5.92 Å². The van der Waals surface area contributed by atoms with Crippen LogP contribution in [0.4, 0.5) is 0 Å². The van der Waals surface area contributed by atoms with E-state index in [1.807, 2.05) is 19.9 Å². The Kier molecular flexibility index (Phi) is 7.25. The summed E-state index contributed by atoms with van der Waals surface area (Å²) in [5, 5.41) is 9.53. The highest BCUT2D eigenvalue weighted by Crippen LogP contribution is 2.27. The molecule has 0 N–H and O–H groups in total. The van der Waals surface area contributed by atoms with Gasteiger partial charge in [-0.05, 0) is 23.8 Å². The van der Waals surface area contributed by atoms with Crippen molar-refractivity contribution < 1.29 is 8.42 Å². The fourth-order valence-corrected chi connectivity index (χ4v) is 4.95. The molecule has 0 atom stereocenters. The van der Waals surface area contributed by atoms with E-state index in [9.17, 15) is 8.42 Å². The summed E-state index contributed by atoms with van der Waals surface area (Å²) in [5.41, 5.74) is 0.773. The molecule has 1 heterocycles. The highest BCUT2D eigenvalue weighted by Gasteiger charge is 2.23. The number of nitrogens with zero attached hydrogens (tertiary/aromatic N) is 4. The molecule has 0 aliphatic heterocycles. The monoisotopic (exact) mass is 396 g/mol. The van der Waals surface area contributed by atoms with Crippen LogP contribution in [-0.4, -0.2) is 46.3 Å². The second kappa shape index (κ2) is 9.01. The average molecular weight is 397 g/mol. The summed E-state index contributed by atoms with van der Waals surface area (Å²) in [7, 11) is -3.50. The molecule has 0 unspecified atom stereocenters. The minimum Gasteiger partial charge on any atom is -0.302 e. The summed E-state index contributed by atoms with van der Waals surface area (Å²) in [6.45, 7) is 11.7. The summed E-state index contributed by atoms with van der Waals surface area (Å²) in [6, 6.07) is 7.01. The van der Waals surface area contributed by atoms with E-state index in [1.165, 1.54) is 4.31 Å². The molecule has 1 aromatic heterocycles. The Balaban J connectivity index is 2.51. The number of hydrogen-bond donors (Lipinski definition) is 0. The van der Waals surface area contributed by atoms with Crippen LogP contribution in [0.3, 0.4) is 0 Å². The minimum absolute atomic E-state index is 0.294. The van der Waals surface area contributed by atoms with Crippen LogP contribution in [-0.2, 0) is 16.6 Å². The third-order valence-corrected chi connectivity index (χ3v) is 6.87. The Morgan fingerprint density at radius 1 is 1.15 bits per heavy atom. The normalized spacial score (nSPS) is 12.3. The third kappa shape index (κ3) is 4.47. The molecule has 0 saturated carbocycles. The number of aromatic nitrogens is 3. The molecule has 0 aliphatic carbocycles. The topological polar surface area (TPSA) is 68.1 Å². The molecule has 1 aromatic carbocycles. The molecule has 0 aliphatic rings. The van der Waals surface area contributed by atoms with Gasteiger partial charge in [-0.2, -0.15) is 4.31 Å². The number of hydrogen-bond acceptors (Lipinski definition) is 5. The maximum Gasteiger partial charge on any atom is 0.243 e. The first-order valence-corrected chi connectivity index (χ1v) is 11.4. The maximum absolute atomic E-state index is 12.8. The van der Waals surface area contributed by atoms with Crippen LogP contribution in [0.25, 0.3) is 11.4 Å². The molecule has 0 saturated heterocycles. The van der Waals surface area contributed by atoms with Gasteiger partial charge in [0.25, 0.3) is 0 Å². The van der Waals surface area contributed by atoms with Crippen molar-refractivity contribution >= 4 is 21.8 Å². The molecular formula is C18H28N4O2S2. The lowest BCUT2D eigenvalue weighted by molar-refractivity contribution is 0.445. The van der Waals surface area contributed by atoms with Crippen LogP contribution >= 0.6 is 11.8 Å². The van der Waals surface area contributed by atoms with E-state index in [0.29, 0.717) is 29.7 Å². The Morgan fingerprint density at radius 2 is 1.85 bits per heavy atom. The van der Waals surface area contributed by atoms with Gasteiger partial charge in [-0.15, -0.1) is 10.2 Å². The van der Waals surface area contributed by atoms with Crippen molar-refractivity contribution in [3.05, 3.63) is 24.3 Å². The zero-order valence-electron chi connectivity index (χ0n) is 16.1. The average Bonchev–Trinajstić information content (AvgIpc) is 2.98. The molecule has 2 rings (SSSR count). The van der Waals surface area contributed by atoms with E-state index in [1.54, 1.807) is 30.0 Å². The molecule has 2 aromatic rings. The summed E-state index contributed by atoms with van der Waals surface area (Å²) in [5.74, 6) is 2.06. The summed E-state index contributed by atoms with van der Waals surface area (Å²) >= 11 is 1.64. The zero-order valence-corrected chi connectivity index (χ0v) is 17.8. The molecule has 8 heteroatoms. The van der Waals surface area contributed by atoms with Gasteiger partial charge in [-0.1, -0.05) is 58.5 Å². The predicted octanol–water partition coefficient (Wildman–Crippen LogP) is 3.74. The second-order valence-electron chi connectivity index (χ2n) is 6.36. The van der Waals surface area contributed by atoms with E-state index in [2.05, 4.69) is 35.5 Å². The van der Waals surface area contributed by atoms with Crippen molar-refractivity contribution in [1.29, 1.82) is 0 Å². The Morgan fingerprint density at radius 3 is 2.42 bits per heavy atom. The Labute approximate surface area is 161 Å². The van der Waals surface area contributed by atoms with Crippen LogP contribution in [0.5, 0.6) is 0 Å². The summed E-state index contributed by atoms with van der Waals surface area (Å²) in [4.78, 5) is 0.294. The summed E-state index contributed by atoms with van der Waals surface area (Å²) in [6.07, 6.45) is 0. The van der Waals surface area contributed by atoms with Crippen molar-refractivity contribution in [3.63, 3.8) is 0 Å². The van der Waals surface area contributed by atoms with E-state index in [4.69, 9.17) is 0 Å². The van der Waals surface area contributed by atoms with Crippen LogP contribution in [0.2, 0.25) is 0 Å². The standard InChI is InChI=1S/C18H28N4O2S2/c1-6-21(7-2)26(23,24)16-11-9-10-15(12-16)17-19-20-18(25-8-3)22(17)13-14(4)5/h9-12,14H,6-8,13H2,1-5H3. The summed E-state index contributed by atoms with van der Waals surface area (Å²) < 4.78 is 29.2. The highest BCUT2D eigenvalue weighted by atomic mass is 32.2. The fourth-order valence-electron chi connectivity index (χ4n) is 2.78. The molecule has 0 radical (unpaired) electrons. The first-order valence-electron chi connectivity index (χ1n) is 9.01. The van der Waals surface area contributed by atoms with Gasteiger partial charge in [0.1, 0.15) is 0 Å². The van der Waals surface area contributed by atoms with Gasteiger partial charge in [0.2, 0.25) is 10.0 Å². The number of thioether (sulfide) groups is 1. The van der Waals surface area contributed by atoms with Crippen molar-refractivity contribution in [1.82, 2.24) is 19.1 Å². The van der Waals surface area contributed by atoms with Gasteiger partial charge in [0, 0.05) is 25.2 Å². The van der Waals surface area contributed by atoms with Crippen molar-refractivity contribution in [2.75, 3.05) is 18.8 Å². The molecule has 0 fully saturated rings. The van der Waals surface area contributed by atoms with Gasteiger partial charge in [-0.25, -0.2) is 8.42 Å². The van der Waals surface area contributed by atoms with E-state index in [-0.39, 0.29) is 0 Å². The predicted molar refractivity (Wildman–Crippen MR) is 107 cm³/mol. The van der Waals surface area contributed by atoms with E-state index >= 15 is 0 Å². The van der Waals surface area contributed by atoms with Gasteiger partial charge >= 0.3 is 0 Å². The van der Waals surface area contributed by atoms with Crippen LogP contribution in [0.1, 0.15) is 34.6 Å². The number of benzene rings is 1. The van der Waals surface area contributed by atoms with Crippen LogP contribution in [0, 0.1) is 5.92 Å². The van der Waals surface area contributed by atoms with Gasteiger partial charge in [-0.3, -0.25) is 0 Å². The Hall–Kier alpha value is -1.38. The fraction of sp³-hybridized carbons (Fsp3) is 0.556. The molecule has 0 amide bonds. The van der Waals surface area contributed by atoms with Gasteiger partial charge in [0.05, 0.1) is 4.90 Å². The lowest BCUT2D eigenvalue weighted by Crippen LogP contribution is -2.30. The van der Waals surface area contributed by atoms with Gasteiger partial charge < -0.3 is 4.57 Å². The Bertz CT molecular complexity index is 827. The molecule has 0 spiro atoms. The van der Waals surface area contributed by atoms with Crippen molar-refractivity contribution in [2.45, 2.75) is 51.2 Å². The van der Waals surface area contributed by atoms with E-state index < -0.39 is 10.0 Å². The molecule has 26 heavy (non-hydrogen) atoms. The molecule has 6 nitrogen and oxygen atoms in total. The smallest absolute Gasteiger partial charge is 0.243 e. The first-order chi connectivity index (χ1) is 12.3. The SMILES string of the molecule is CCSc1nnc(-c2cccc(S(=O)(=O)N(CC)CC)c2)n1CC(C)C. The maximum atomic E-state index is 12.8. The molecular weight excluding hydrogens is 368 g/mol.